The molecule has 0 unspecified atom stereocenters. The van der Waals surface area contributed by atoms with Crippen molar-refractivity contribution in [2.24, 2.45) is 5.73 Å². The van der Waals surface area contributed by atoms with Crippen LogP contribution in [0.2, 0.25) is 0 Å². The number of aryl methyl sites for hydroxylation is 2. The minimum absolute atomic E-state index is 0.0152. The molecule has 0 radical (unpaired) electrons. The second-order valence-corrected chi connectivity index (χ2v) is 4.08. The van der Waals surface area contributed by atoms with Gasteiger partial charge in [-0.1, -0.05) is 12.1 Å². The molecule has 0 fully saturated rings. The standard InChI is InChI=1S/C13H20N2O2/c1-9-6-11(7-10(2)13(9)17-3)8-15-12(16)4-5-14/h6-7H,4-5,8,14H2,1-3H3,(H,15,16). The van der Waals surface area contributed by atoms with Gasteiger partial charge in [-0.2, -0.15) is 0 Å². The fourth-order valence-corrected chi connectivity index (χ4v) is 1.88. The van der Waals surface area contributed by atoms with E-state index in [1.165, 1.54) is 0 Å². The van der Waals surface area contributed by atoms with Gasteiger partial charge in [-0.3, -0.25) is 4.79 Å². The van der Waals surface area contributed by atoms with Crippen molar-refractivity contribution in [2.75, 3.05) is 13.7 Å². The zero-order chi connectivity index (χ0) is 12.8. The molecule has 1 amide bonds. The van der Waals surface area contributed by atoms with Crippen molar-refractivity contribution in [3.05, 3.63) is 28.8 Å². The van der Waals surface area contributed by atoms with Crippen LogP contribution in [-0.4, -0.2) is 19.6 Å². The van der Waals surface area contributed by atoms with E-state index in [1.54, 1.807) is 7.11 Å². The van der Waals surface area contributed by atoms with Gasteiger partial charge in [0.05, 0.1) is 7.11 Å². The molecule has 1 aromatic rings. The second kappa shape index (κ2) is 6.25. The topological polar surface area (TPSA) is 64.3 Å². The molecule has 0 atom stereocenters. The highest BCUT2D eigenvalue weighted by molar-refractivity contribution is 5.76. The molecule has 17 heavy (non-hydrogen) atoms. The maximum absolute atomic E-state index is 11.3. The predicted octanol–water partition coefficient (Wildman–Crippen LogP) is 1.28. The minimum atomic E-state index is -0.0152. The number of amides is 1. The number of carbonyl (C=O) groups is 1. The van der Waals surface area contributed by atoms with E-state index in [0.29, 0.717) is 19.5 Å². The number of methoxy groups -OCH3 is 1. The van der Waals surface area contributed by atoms with E-state index in [4.69, 9.17) is 10.5 Å². The van der Waals surface area contributed by atoms with Gasteiger partial charge < -0.3 is 15.8 Å². The molecule has 0 aromatic heterocycles. The van der Waals surface area contributed by atoms with Gasteiger partial charge in [0.15, 0.2) is 0 Å². The lowest BCUT2D eigenvalue weighted by Crippen LogP contribution is -2.25. The molecule has 0 bridgehead atoms. The molecule has 0 aliphatic rings. The highest BCUT2D eigenvalue weighted by atomic mass is 16.5. The van der Waals surface area contributed by atoms with Gasteiger partial charge in [0, 0.05) is 19.5 Å². The van der Waals surface area contributed by atoms with Crippen LogP contribution in [0.25, 0.3) is 0 Å². The molecule has 4 heteroatoms. The molecule has 1 aromatic carbocycles. The number of nitrogens with two attached hydrogens (primary N) is 1. The van der Waals surface area contributed by atoms with Crippen LogP contribution in [0.5, 0.6) is 5.75 Å². The fourth-order valence-electron chi connectivity index (χ4n) is 1.88. The SMILES string of the molecule is COc1c(C)cc(CNC(=O)CCN)cc1C. The van der Waals surface area contributed by atoms with Crippen LogP contribution < -0.4 is 15.8 Å². The first-order chi connectivity index (χ1) is 8.08. The lowest BCUT2D eigenvalue weighted by molar-refractivity contribution is -0.121. The summed E-state index contributed by atoms with van der Waals surface area (Å²) in [6.45, 7) is 4.91. The Balaban J connectivity index is 2.70. The highest BCUT2D eigenvalue weighted by Gasteiger charge is 2.06. The average molecular weight is 236 g/mol. The Kier molecular flexibility index (Phi) is 4.97. The zero-order valence-corrected chi connectivity index (χ0v) is 10.7. The minimum Gasteiger partial charge on any atom is -0.496 e. The van der Waals surface area contributed by atoms with Crippen LogP contribution in [0.3, 0.4) is 0 Å². The van der Waals surface area contributed by atoms with Crippen LogP contribution in [0.4, 0.5) is 0 Å². The Labute approximate surface area is 102 Å². The van der Waals surface area contributed by atoms with E-state index < -0.39 is 0 Å². The van der Waals surface area contributed by atoms with Gasteiger partial charge in [0.1, 0.15) is 5.75 Å². The van der Waals surface area contributed by atoms with Crippen molar-refractivity contribution in [3.63, 3.8) is 0 Å². The Bertz CT molecular complexity index is 379. The van der Waals surface area contributed by atoms with Crippen molar-refractivity contribution >= 4 is 5.91 Å². The maximum atomic E-state index is 11.3. The summed E-state index contributed by atoms with van der Waals surface area (Å²) in [7, 11) is 1.66. The monoisotopic (exact) mass is 236 g/mol. The van der Waals surface area contributed by atoms with Crippen molar-refractivity contribution in [1.82, 2.24) is 5.32 Å². The van der Waals surface area contributed by atoms with Gasteiger partial charge in [0.2, 0.25) is 5.91 Å². The summed E-state index contributed by atoms with van der Waals surface area (Å²) in [4.78, 5) is 11.3. The van der Waals surface area contributed by atoms with Crippen molar-refractivity contribution in [1.29, 1.82) is 0 Å². The number of carbonyl (C=O) groups excluding carboxylic acids is 1. The summed E-state index contributed by atoms with van der Waals surface area (Å²) in [5, 5.41) is 2.83. The molecule has 4 nitrogen and oxygen atoms in total. The summed E-state index contributed by atoms with van der Waals surface area (Å²) in [6, 6.07) is 4.04. The van der Waals surface area contributed by atoms with Gasteiger partial charge in [-0.25, -0.2) is 0 Å². The molecule has 1 rings (SSSR count). The van der Waals surface area contributed by atoms with Crippen LogP contribution in [-0.2, 0) is 11.3 Å². The number of hydrogen-bond acceptors (Lipinski definition) is 3. The number of ether oxygens (including phenoxy) is 1. The predicted molar refractivity (Wildman–Crippen MR) is 68.0 cm³/mol. The molecular weight excluding hydrogens is 216 g/mol. The molecule has 0 heterocycles. The summed E-state index contributed by atoms with van der Waals surface area (Å²) in [5.41, 5.74) is 8.54. The third kappa shape index (κ3) is 3.75. The van der Waals surface area contributed by atoms with Gasteiger partial charge in [-0.05, 0) is 30.5 Å². The maximum Gasteiger partial charge on any atom is 0.221 e. The lowest BCUT2D eigenvalue weighted by Gasteiger charge is -2.11. The lowest BCUT2D eigenvalue weighted by atomic mass is 10.1. The number of nitrogens with one attached hydrogen (secondary N) is 1. The summed E-state index contributed by atoms with van der Waals surface area (Å²) in [5.74, 6) is 0.889. The molecule has 3 N–H and O–H groups in total. The smallest absolute Gasteiger partial charge is 0.221 e. The quantitative estimate of drug-likeness (QED) is 0.809. The number of hydrogen-bond donors (Lipinski definition) is 2. The van der Waals surface area contributed by atoms with Crippen molar-refractivity contribution in [3.8, 4) is 5.75 Å². The van der Waals surface area contributed by atoms with E-state index in [9.17, 15) is 4.79 Å². The van der Waals surface area contributed by atoms with E-state index >= 15 is 0 Å². The Morgan fingerprint density at radius 3 is 2.41 bits per heavy atom. The average Bonchev–Trinajstić information content (AvgIpc) is 2.26. The third-order valence-corrected chi connectivity index (χ3v) is 2.59. The molecule has 0 aliphatic heterocycles. The van der Waals surface area contributed by atoms with E-state index in [-0.39, 0.29) is 5.91 Å². The van der Waals surface area contributed by atoms with Crippen LogP contribution in [0, 0.1) is 13.8 Å². The fraction of sp³-hybridized carbons (Fsp3) is 0.462. The molecule has 0 saturated heterocycles. The van der Waals surface area contributed by atoms with Crippen LogP contribution in [0.15, 0.2) is 12.1 Å². The zero-order valence-electron chi connectivity index (χ0n) is 10.7. The van der Waals surface area contributed by atoms with Crippen LogP contribution >= 0.6 is 0 Å². The van der Waals surface area contributed by atoms with Gasteiger partial charge >= 0.3 is 0 Å². The first-order valence-electron chi connectivity index (χ1n) is 5.69. The Morgan fingerprint density at radius 1 is 1.35 bits per heavy atom. The molecule has 0 saturated carbocycles. The highest BCUT2D eigenvalue weighted by Crippen LogP contribution is 2.24. The molecule has 0 spiro atoms. The molecule has 0 aliphatic carbocycles. The van der Waals surface area contributed by atoms with E-state index in [1.807, 2.05) is 26.0 Å². The van der Waals surface area contributed by atoms with E-state index in [0.717, 1.165) is 22.4 Å². The Morgan fingerprint density at radius 2 is 1.94 bits per heavy atom. The van der Waals surface area contributed by atoms with Crippen molar-refractivity contribution < 1.29 is 9.53 Å². The second-order valence-electron chi connectivity index (χ2n) is 4.08. The van der Waals surface area contributed by atoms with E-state index in [2.05, 4.69) is 5.32 Å². The molecular formula is C13H20N2O2. The first kappa shape index (κ1) is 13.5. The molecule has 94 valence electrons. The first-order valence-corrected chi connectivity index (χ1v) is 5.69. The van der Waals surface area contributed by atoms with Crippen LogP contribution in [0.1, 0.15) is 23.1 Å². The normalized spacial score (nSPS) is 10.1. The number of benzene rings is 1. The van der Waals surface area contributed by atoms with Crippen molar-refractivity contribution in [2.45, 2.75) is 26.8 Å². The third-order valence-electron chi connectivity index (χ3n) is 2.59. The summed E-state index contributed by atoms with van der Waals surface area (Å²) in [6.07, 6.45) is 0.369. The largest absolute Gasteiger partial charge is 0.496 e. The van der Waals surface area contributed by atoms with Gasteiger partial charge in [-0.15, -0.1) is 0 Å². The summed E-state index contributed by atoms with van der Waals surface area (Å²) < 4.78 is 5.29. The van der Waals surface area contributed by atoms with Gasteiger partial charge in [0.25, 0.3) is 0 Å². The Hall–Kier alpha value is -1.55. The summed E-state index contributed by atoms with van der Waals surface area (Å²) >= 11 is 0. The number of rotatable bonds is 5.